The van der Waals surface area contributed by atoms with Crippen molar-refractivity contribution >= 4 is 11.5 Å². The van der Waals surface area contributed by atoms with Crippen molar-refractivity contribution in [2.24, 2.45) is 0 Å². The van der Waals surface area contributed by atoms with Gasteiger partial charge in [-0.1, -0.05) is 6.07 Å². The molecule has 0 saturated carbocycles. The molecule has 1 unspecified atom stereocenters. The Bertz CT molecular complexity index is 1090. The van der Waals surface area contributed by atoms with Crippen molar-refractivity contribution in [3.63, 3.8) is 0 Å². The maximum atomic E-state index is 5.79. The number of nitrogens with zero attached hydrogens (tertiary/aromatic N) is 3. The van der Waals surface area contributed by atoms with E-state index in [1.165, 1.54) is 0 Å². The summed E-state index contributed by atoms with van der Waals surface area (Å²) in [5.74, 6) is 3.23. The van der Waals surface area contributed by atoms with E-state index in [0.717, 1.165) is 71.5 Å². The molecule has 7 nitrogen and oxygen atoms in total. The standard InChI is InChI=1S/C25H28N4O3/c1-17-5-3-9-26-25(17)28-19-7-8-20(27-15-19)21-6-4-10-29(21)16-18-13-23-24(14-22(18)30-2)32-12-11-31-23/h3,5,7-9,13-15,21H,4,6,10-12,16H2,1-2H3,(H,26,28). The van der Waals surface area contributed by atoms with Crippen molar-refractivity contribution in [2.45, 2.75) is 32.4 Å². The van der Waals surface area contributed by atoms with Crippen LogP contribution in [0.4, 0.5) is 11.5 Å². The van der Waals surface area contributed by atoms with E-state index in [-0.39, 0.29) is 6.04 Å². The number of rotatable bonds is 6. The summed E-state index contributed by atoms with van der Waals surface area (Å²) in [5.41, 5.74) is 4.23. The first kappa shape index (κ1) is 20.6. The van der Waals surface area contributed by atoms with Gasteiger partial charge in [-0.15, -0.1) is 0 Å². The fourth-order valence-electron chi connectivity index (χ4n) is 4.42. The zero-order chi connectivity index (χ0) is 21.9. The van der Waals surface area contributed by atoms with Crippen LogP contribution in [0.1, 0.15) is 35.7 Å². The van der Waals surface area contributed by atoms with Gasteiger partial charge in [0.25, 0.3) is 0 Å². The number of aryl methyl sites for hydroxylation is 1. The van der Waals surface area contributed by atoms with Gasteiger partial charge in [0.2, 0.25) is 0 Å². The molecule has 32 heavy (non-hydrogen) atoms. The van der Waals surface area contributed by atoms with Gasteiger partial charge in [0, 0.05) is 24.4 Å². The lowest BCUT2D eigenvalue weighted by atomic mass is 10.1. The Labute approximate surface area is 188 Å². The van der Waals surface area contributed by atoms with Gasteiger partial charge < -0.3 is 19.5 Å². The summed E-state index contributed by atoms with van der Waals surface area (Å²) >= 11 is 0. The lowest BCUT2D eigenvalue weighted by Crippen LogP contribution is -2.24. The first-order chi connectivity index (χ1) is 15.7. The second kappa shape index (κ2) is 9.04. The summed E-state index contributed by atoms with van der Waals surface area (Å²) in [7, 11) is 1.70. The van der Waals surface area contributed by atoms with Gasteiger partial charge in [0.1, 0.15) is 24.8 Å². The fourth-order valence-corrected chi connectivity index (χ4v) is 4.42. The van der Waals surface area contributed by atoms with E-state index in [1.807, 2.05) is 31.3 Å². The molecule has 1 fully saturated rings. The van der Waals surface area contributed by atoms with Gasteiger partial charge in [-0.05, 0) is 56.1 Å². The molecule has 3 aromatic rings. The molecule has 1 N–H and O–H groups in total. The van der Waals surface area contributed by atoms with Crippen LogP contribution in [-0.2, 0) is 6.54 Å². The molecule has 2 aliphatic rings. The summed E-state index contributed by atoms with van der Waals surface area (Å²) in [6.45, 7) is 4.99. The summed E-state index contributed by atoms with van der Waals surface area (Å²) in [5, 5.41) is 3.36. The number of aromatic nitrogens is 2. The van der Waals surface area contributed by atoms with E-state index in [1.54, 1.807) is 13.3 Å². The van der Waals surface area contributed by atoms with Crippen LogP contribution in [0.15, 0.2) is 48.8 Å². The monoisotopic (exact) mass is 432 g/mol. The molecule has 2 aliphatic heterocycles. The molecule has 2 aromatic heterocycles. The van der Waals surface area contributed by atoms with Gasteiger partial charge in [-0.2, -0.15) is 0 Å². The van der Waals surface area contributed by atoms with Crippen LogP contribution in [0.3, 0.4) is 0 Å². The molecule has 5 rings (SSSR count). The van der Waals surface area contributed by atoms with E-state index in [9.17, 15) is 0 Å². The van der Waals surface area contributed by atoms with Crippen LogP contribution in [0.2, 0.25) is 0 Å². The molecule has 0 amide bonds. The van der Waals surface area contributed by atoms with Crippen molar-refractivity contribution in [3.8, 4) is 17.2 Å². The molecule has 1 atom stereocenters. The van der Waals surface area contributed by atoms with Gasteiger partial charge in [0.05, 0.1) is 30.7 Å². The normalized spacial score (nSPS) is 17.9. The number of ether oxygens (including phenoxy) is 3. The van der Waals surface area contributed by atoms with E-state index >= 15 is 0 Å². The Morgan fingerprint density at radius 2 is 1.97 bits per heavy atom. The Kier molecular flexibility index (Phi) is 5.81. The van der Waals surface area contributed by atoms with E-state index in [4.69, 9.17) is 19.2 Å². The minimum atomic E-state index is 0.276. The zero-order valence-electron chi connectivity index (χ0n) is 18.5. The fraction of sp³-hybridized carbons (Fsp3) is 0.360. The maximum Gasteiger partial charge on any atom is 0.165 e. The summed E-state index contributed by atoms with van der Waals surface area (Å²) in [4.78, 5) is 11.6. The summed E-state index contributed by atoms with van der Waals surface area (Å²) in [6, 6.07) is 12.4. The summed E-state index contributed by atoms with van der Waals surface area (Å²) < 4.78 is 17.1. The third-order valence-electron chi connectivity index (χ3n) is 6.08. The molecule has 0 spiro atoms. The molecule has 1 aromatic carbocycles. The molecular formula is C25H28N4O3. The van der Waals surface area contributed by atoms with Crippen LogP contribution < -0.4 is 19.5 Å². The molecule has 0 radical (unpaired) electrons. The van der Waals surface area contributed by atoms with Crippen LogP contribution >= 0.6 is 0 Å². The van der Waals surface area contributed by atoms with Crippen molar-refractivity contribution in [2.75, 3.05) is 32.2 Å². The number of benzene rings is 1. The Morgan fingerprint density at radius 1 is 1.12 bits per heavy atom. The predicted molar refractivity (Wildman–Crippen MR) is 123 cm³/mol. The lowest BCUT2D eigenvalue weighted by Gasteiger charge is -2.26. The second-order valence-electron chi connectivity index (χ2n) is 8.20. The number of likely N-dealkylation sites (tertiary alicyclic amines) is 1. The lowest BCUT2D eigenvalue weighted by molar-refractivity contribution is 0.169. The Hall–Kier alpha value is -3.32. The number of methoxy groups -OCH3 is 1. The molecular weight excluding hydrogens is 404 g/mol. The van der Waals surface area contributed by atoms with Crippen LogP contribution in [0.25, 0.3) is 0 Å². The van der Waals surface area contributed by atoms with Crippen molar-refractivity contribution < 1.29 is 14.2 Å². The molecule has 0 aliphatic carbocycles. The van der Waals surface area contributed by atoms with Gasteiger partial charge >= 0.3 is 0 Å². The van der Waals surface area contributed by atoms with Crippen molar-refractivity contribution in [3.05, 3.63) is 65.6 Å². The van der Waals surface area contributed by atoms with Gasteiger partial charge in [0.15, 0.2) is 11.5 Å². The van der Waals surface area contributed by atoms with Crippen LogP contribution in [0.5, 0.6) is 17.2 Å². The number of nitrogens with one attached hydrogen (secondary N) is 1. The highest BCUT2D eigenvalue weighted by molar-refractivity contribution is 5.58. The van der Waals surface area contributed by atoms with Crippen molar-refractivity contribution in [1.82, 2.24) is 14.9 Å². The van der Waals surface area contributed by atoms with E-state index < -0.39 is 0 Å². The topological polar surface area (TPSA) is 68.7 Å². The average molecular weight is 433 g/mol. The van der Waals surface area contributed by atoms with Crippen LogP contribution in [-0.4, -0.2) is 41.7 Å². The van der Waals surface area contributed by atoms with Gasteiger partial charge in [-0.3, -0.25) is 9.88 Å². The highest BCUT2D eigenvalue weighted by atomic mass is 16.6. The number of pyridine rings is 2. The third-order valence-corrected chi connectivity index (χ3v) is 6.08. The minimum Gasteiger partial charge on any atom is -0.496 e. The first-order valence-electron chi connectivity index (χ1n) is 11.1. The smallest absolute Gasteiger partial charge is 0.165 e. The molecule has 1 saturated heterocycles. The molecule has 4 heterocycles. The molecule has 166 valence electrons. The Morgan fingerprint density at radius 3 is 2.72 bits per heavy atom. The predicted octanol–water partition coefficient (Wildman–Crippen LogP) is 4.65. The second-order valence-corrected chi connectivity index (χ2v) is 8.20. The maximum absolute atomic E-state index is 5.79. The molecule has 0 bridgehead atoms. The average Bonchev–Trinajstić information content (AvgIpc) is 3.29. The number of anilines is 2. The number of fused-ring (bicyclic) bond motifs is 1. The minimum absolute atomic E-state index is 0.276. The number of hydrogen-bond donors (Lipinski definition) is 1. The largest absolute Gasteiger partial charge is 0.496 e. The Balaban J connectivity index is 1.32. The third kappa shape index (κ3) is 4.21. The highest BCUT2D eigenvalue weighted by Gasteiger charge is 2.28. The first-order valence-corrected chi connectivity index (χ1v) is 11.1. The van der Waals surface area contributed by atoms with Crippen LogP contribution in [0, 0.1) is 6.92 Å². The van der Waals surface area contributed by atoms with Gasteiger partial charge in [-0.25, -0.2) is 4.98 Å². The quantitative estimate of drug-likeness (QED) is 0.608. The molecule has 7 heteroatoms. The SMILES string of the molecule is COc1cc2c(cc1CN1CCCC1c1ccc(Nc3ncccc3C)cn1)OCCO2. The van der Waals surface area contributed by atoms with E-state index in [0.29, 0.717) is 13.2 Å². The van der Waals surface area contributed by atoms with E-state index in [2.05, 4.69) is 33.4 Å². The zero-order valence-corrected chi connectivity index (χ0v) is 18.5. The summed E-state index contributed by atoms with van der Waals surface area (Å²) in [6.07, 6.45) is 5.92. The number of hydrogen-bond acceptors (Lipinski definition) is 7. The highest BCUT2D eigenvalue weighted by Crippen LogP contribution is 2.39. The van der Waals surface area contributed by atoms with Crippen molar-refractivity contribution in [1.29, 1.82) is 0 Å².